The molecule has 134 valence electrons. The molecule has 0 saturated carbocycles. The molecule has 4 heteroatoms. The zero-order chi connectivity index (χ0) is 17.7. The van der Waals surface area contributed by atoms with Crippen LogP contribution in [0.2, 0.25) is 0 Å². The molecule has 2 aromatic rings. The Kier molecular flexibility index (Phi) is 3.66. The largest absolute Gasteiger partial charge is 0.495 e. The Hall–Kier alpha value is -2.49. The Morgan fingerprint density at radius 2 is 1.73 bits per heavy atom. The van der Waals surface area contributed by atoms with Crippen molar-refractivity contribution < 1.29 is 9.53 Å². The Morgan fingerprint density at radius 1 is 0.923 bits per heavy atom. The topological polar surface area (TPSA) is 32.8 Å². The van der Waals surface area contributed by atoms with E-state index >= 15 is 0 Å². The maximum absolute atomic E-state index is 12.5. The number of para-hydroxylation sites is 1. The molecule has 0 aromatic heterocycles. The highest BCUT2D eigenvalue weighted by Gasteiger charge is 2.42. The second-order valence-electron chi connectivity index (χ2n) is 7.50. The van der Waals surface area contributed by atoms with Crippen LogP contribution in [0.15, 0.2) is 42.5 Å². The highest BCUT2D eigenvalue weighted by atomic mass is 16.5. The van der Waals surface area contributed by atoms with Gasteiger partial charge in [-0.25, -0.2) is 0 Å². The van der Waals surface area contributed by atoms with Gasteiger partial charge in [-0.3, -0.25) is 4.79 Å². The lowest BCUT2D eigenvalue weighted by atomic mass is 9.81. The standard InChI is InChI=1S/C22H24N2O2/c1-26-20-9-4-8-17-19(23-12-5-10-21(23)25)14-18-16-7-3-2-6-15(16)11-13-24(18)22(17)20/h2-4,6-9,18-19H,5,10-14H2,1H3/t18-,19-/m1/s1. The number of carbonyl (C=O) groups excluding carboxylic acids is 1. The van der Waals surface area contributed by atoms with E-state index in [0.717, 1.165) is 38.1 Å². The summed E-state index contributed by atoms with van der Waals surface area (Å²) in [6.45, 7) is 1.87. The Balaban J connectivity index is 1.67. The van der Waals surface area contributed by atoms with Gasteiger partial charge >= 0.3 is 0 Å². The lowest BCUT2D eigenvalue weighted by Gasteiger charge is -2.48. The van der Waals surface area contributed by atoms with E-state index in [-0.39, 0.29) is 6.04 Å². The number of hydrogen-bond donors (Lipinski definition) is 0. The van der Waals surface area contributed by atoms with Crippen LogP contribution in [0.1, 0.15) is 48.0 Å². The molecule has 3 aliphatic heterocycles. The molecule has 2 atom stereocenters. The van der Waals surface area contributed by atoms with Crippen molar-refractivity contribution >= 4 is 11.6 Å². The van der Waals surface area contributed by atoms with Gasteiger partial charge in [-0.1, -0.05) is 36.4 Å². The van der Waals surface area contributed by atoms with Crippen LogP contribution in [0.5, 0.6) is 5.75 Å². The summed E-state index contributed by atoms with van der Waals surface area (Å²) in [5, 5.41) is 0. The number of fused-ring (bicyclic) bond motifs is 5. The first-order valence-corrected chi connectivity index (χ1v) is 9.58. The molecule has 2 aromatic carbocycles. The van der Waals surface area contributed by atoms with Gasteiger partial charge < -0.3 is 14.5 Å². The molecule has 0 unspecified atom stereocenters. The molecular formula is C22H24N2O2. The van der Waals surface area contributed by atoms with Gasteiger partial charge in [0.15, 0.2) is 0 Å². The lowest BCUT2D eigenvalue weighted by molar-refractivity contribution is -0.130. The minimum absolute atomic E-state index is 0.141. The number of benzene rings is 2. The number of amides is 1. The first-order chi connectivity index (χ1) is 12.8. The van der Waals surface area contributed by atoms with E-state index in [9.17, 15) is 4.79 Å². The number of likely N-dealkylation sites (tertiary alicyclic amines) is 1. The van der Waals surface area contributed by atoms with Crippen molar-refractivity contribution in [1.29, 1.82) is 0 Å². The molecule has 3 aliphatic rings. The quantitative estimate of drug-likeness (QED) is 0.826. The molecule has 1 fully saturated rings. The fourth-order valence-electron chi connectivity index (χ4n) is 5.09. The summed E-state index contributed by atoms with van der Waals surface area (Å²) in [6.07, 6.45) is 3.67. The predicted molar refractivity (Wildman–Crippen MR) is 102 cm³/mol. The summed E-state index contributed by atoms with van der Waals surface area (Å²) >= 11 is 0. The summed E-state index contributed by atoms with van der Waals surface area (Å²) in [4.78, 5) is 17.1. The minimum Gasteiger partial charge on any atom is -0.495 e. The fraction of sp³-hybridized carbons (Fsp3) is 0.409. The van der Waals surface area contributed by atoms with Gasteiger partial charge in [-0.2, -0.15) is 0 Å². The number of rotatable bonds is 2. The van der Waals surface area contributed by atoms with E-state index < -0.39 is 0 Å². The van der Waals surface area contributed by atoms with Gasteiger partial charge in [0.2, 0.25) is 5.91 Å². The molecule has 4 nitrogen and oxygen atoms in total. The van der Waals surface area contributed by atoms with Crippen LogP contribution in [0.25, 0.3) is 0 Å². The van der Waals surface area contributed by atoms with Crippen LogP contribution in [0, 0.1) is 0 Å². The van der Waals surface area contributed by atoms with Gasteiger partial charge in [0, 0.05) is 25.1 Å². The van der Waals surface area contributed by atoms with Crippen molar-refractivity contribution in [3.8, 4) is 5.75 Å². The molecule has 0 spiro atoms. The Bertz CT molecular complexity index is 863. The average molecular weight is 348 g/mol. The molecule has 3 heterocycles. The van der Waals surface area contributed by atoms with Gasteiger partial charge in [0.1, 0.15) is 5.75 Å². The van der Waals surface area contributed by atoms with Crippen LogP contribution in [-0.4, -0.2) is 31.0 Å². The first-order valence-electron chi connectivity index (χ1n) is 9.58. The third kappa shape index (κ3) is 2.24. The van der Waals surface area contributed by atoms with Gasteiger partial charge in [-0.15, -0.1) is 0 Å². The van der Waals surface area contributed by atoms with Crippen LogP contribution in [0.3, 0.4) is 0 Å². The highest BCUT2D eigenvalue weighted by molar-refractivity contribution is 5.80. The molecule has 1 saturated heterocycles. The molecule has 0 N–H and O–H groups in total. The van der Waals surface area contributed by atoms with Crippen LogP contribution in [0.4, 0.5) is 5.69 Å². The van der Waals surface area contributed by atoms with Crippen LogP contribution in [-0.2, 0) is 11.2 Å². The molecule has 0 bridgehead atoms. The normalized spacial score (nSPS) is 24.1. The van der Waals surface area contributed by atoms with E-state index in [1.165, 1.54) is 22.4 Å². The van der Waals surface area contributed by atoms with Crippen molar-refractivity contribution in [2.75, 3.05) is 25.1 Å². The summed E-state index contributed by atoms with van der Waals surface area (Å²) in [5.41, 5.74) is 5.28. The molecule has 1 amide bonds. The van der Waals surface area contributed by atoms with Crippen molar-refractivity contribution in [2.24, 2.45) is 0 Å². The summed E-state index contributed by atoms with van der Waals surface area (Å²) in [5.74, 6) is 1.21. The molecular weight excluding hydrogens is 324 g/mol. The van der Waals surface area contributed by atoms with E-state index in [1.54, 1.807) is 7.11 Å². The summed E-state index contributed by atoms with van der Waals surface area (Å²) in [6, 6.07) is 15.5. The summed E-state index contributed by atoms with van der Waals surface area (Å²) < 4.78 is 5.74. The van der Waals surface area contributed by atoms with E-state index in [2.05, 4.69) is 46.2 Å². The fourth-order valence-corrected chi connectivity index (χ4v) is 5.09. The number of nitrogens with zero attached hydrogens (tertiary/aromatic N) is 2. The van der Waals surface area contributed by atoms with Gasteiger partial charge in [0.05, 0.1) is 24.9 Å². The van der Waals surface area contributed by atoms with E-state index in [4.69, 9.17) is 4.74 Å². The number of methoxy groups -OCH3 is 1. The van der Waals surface area contributed by atoms with Crippen molar-refractivity contribution in [2.45, 2.75) is 37.8 Å². The summed E-state index contributed by atoms with van der Waals surface area (Å²) in [7, 11) is 1.74. The predicted octanol–water partition coefficient (Wildman–Crippen LogP) is 3.87. The third-order valence-corrected chi connectivity index (χ3v) is 6.24. The second kappa shape index (κ2) is 6.04. The monoisotopic (exact) mass is 348 g/mol. The first kappa shape index (κ1) is 15.7. The SMILES string of the molecule is COc1cccc2c1N1CCc3ccccc3[C@H]1C[C@H]2N1CCCC1=O. The second-order valence-corrected chi connectivity index (χ2v) is 7.50. The number of anilines is 1. The Labute approximate surface area is 154 Å². The van der Waals surface area contributed by atoms with Crippen molar-refractivity contribution in [3.63, 3.8) is 0 Å². The van der Waals surface area contributed by atoms with E-state index in [0.29, 0.717) is 18.4 Å². The molecule has 0 aliphatic carbocycles. The van der Waals surface area contributed by atoms with Crippen LogP contribution < -0.4 is 9.64 Å². The van der Waals surface area contributed by atoms with Crippen LogP contribution >= 0.6 is 0 Å². The minimum atomic E-state index is 0.141. The number of carbonyl (C=O) groups is 1. The maximum atomic E-state index is 12.5. The van der Waals surface area contributed by atoms with Crippen molar-refractivity contribution in [1.82, 2.24) is 4.90 Å². The lowest BCUT2D eigenvalue weighted by Crippen LogP contribution is -2.44. The maximum Gasteiger partial charge on any atom is 0.223 e. The molecule has 26 heavy (non-hydrogen) atoms. The zero-order valence-electron chi connectivity index (χ0n) is 15.1. The zero-order valence-corrected chi connectivity index (χ0v) is 15.1. The van der Waals surface area contributed by atoms with Crippen molar-refractivity contribution in [3.05, 3.63) is 59.2 Å². The third-order valence-electron chi connectivity index (χ3n) is 6.24. The Morgan fingerprint density at radius 3 is 2.54 bits per heavy atom. The number of hydrogen-bond acceptors (Lipinski definition) is 3. The van der Waals surface area contributed by atoms with Gasteiger partial charge in [0.25, 0.3) is 0 Å². The van der Waals surface area contributed by atoms with Gasteiger partial charge in [-0.05, 0) is 36.5 Å². The molecule has 5 rings (SSSR count). The highest BCUT2D eigenvalue weighted by Crippen LogP contribution is 2.52. The molecule has 0 radical (unpaired) electrons. The smallest absolute Gasteiger partial charge is 0.223 e. The average Bonchev–Trinajstić information content (AvgIpc) is 3.12. The van der Waals surface area contributed by atoms with E-state index in [1.807, 2.05) is 6.07 Å². The number of ether oxygens (including phenoxy) is 1.